The maximum absolute atomic E-state index is 11.8. The maximum Gasteiger partial charge on any atom is 0.345 e. The van der Waals surface area contributed by atoms with Crippen LogP contribution in [0.3, 0.4) is 0 Å². The number of halogens is 1. The van der Waals surface area contributed by atoms with Crippen LogP contribution in [0.5, 0.6) is 17.2 Å². The Morgan fingerprint density at radius 2 is 1.71 bits per heavy atom. The molecule has 0 unspecified atom stereocenters. The Bertz CT molecular complexity index is 970. The Morgan fingerprint density at radius 1 is 0.964 bits per heavy atom. The summed E-state index contributed by atoms with van der Waals surface area (Å²) in [6.07, 6.45) is -0.955. The summed E-state index contributed by atoms with van der Waals surface area (Å²) in [6, 6.07) is 20.0. The number of carboxylic acid groups (broad SMARTS) is 1. The number of rotatable bonds is 7. The van der Waals surface area contributed by atoms with Gasteiger partial charge in [-0.05, 0) is 67.4 Å². The lowest BCUT2D eigenvalue weighted by molar-refractivity contribution is -0.145. The van der Waals surface area contributed by atoms with Crippen LogP contribution in [0.2, 0.25) is 5.02 Å². The molecule has 0 spiro atoms. The predicted octanol–water partition coefficient (Wildman–Crippen LogP) is 5.82. The molecule has 28 heavy (non-hydrogen) atoms. The number of carbonyl (C=O) groups is 1. The second kappa shape index (κ2) is 8.81. The van der Waals surface area contributed by atoms with E-state index in [1.807, 2.05) is 56.3 Å². The fourth-order valence-corrected chi connectivity index (χ4v) is 2.95. The third-order valence-corrected chi connectivity index (χ3v) is 4.67. The highest BCUT2D eigenvalue weighted by molar-refractivity contribution is 6.30. The molecule has 1 atom stereocenters. The average molecular weight is 397 g/mol. The van der Waals surface area contributed by atoms with Crippen LogP contribution in [-0.4, -0.2) is 17.2 Å². The molecule has 0 amide bonds. The van der Waals surface area contributed by atoms with Gasteiger partial charge in [0.25, 0.3) is 0 Å². The largest absolute Gasteiger partial charge is 0.478 e. The predicted molar refractivity (Wildman–Crippen MR) is 110 cm³/mol. The first-order valence-corrected chi connectivity index (χ1v) is 9.28. The molecule has 0 heterocycles. The van der Waals surface area contributed by atoms with Gasteiger partial charge in [-0.2, -0.15) is 0 Å². The van der Waals surface area contributed by atoms with Gasteiger partial charge in [0, 0.05) is 17.0 Å². The van der Waals surface area contributed by atoms with Gasteiger partial charge in [0.1, 0.15) is 17.2 Å². The molecule has 3 rings (SSSR count). The summed E-state index contributed by atoms with van der Waals surface area (Å²) < 4.78 is 11.7. The summed E-state index contributed by atoms with van der Waals surface area (Å²) in [4.78, 5) is 11.8. The van der Waals surface area contributed by atoms with Crippen LogP contribution in [-0.2, 0) is 11.2 Å². The molecule has 0 aliphatic rings. The van der Waals surface area contributed by atoms with Gasteiger partial charge in [0.2, 0.25) is 0 Å². The monoisotopic (exact) mass is 396 g/mol. The minimum atomic E-state index is -1.07. The minimum absolute atomic E-state index is 0.116. The number of aryl methyl sites for hydroxylation is 2. The van der Waals surface area contributed by atoms with Crippen molar-refractivity contribution < 1.29 is 19.4 Å². The molecule has 144 valence electrons. The SMILES string of the molecule is Cc1ccc(O[C@@H](Cc2cc(Cl)ccc2Oc2ccccc2)C(=O)O)cc1C. The zero-order valence-electron chi connectivity index (χ0n) is 15.7. The van der Waals surface area contributed by atoms with Gasteiger partial charge in [-0.15, -0.1) is 0 Å². The summed E-state index contributed by atoms with van der Waals surface area (Å²) in [5.74, 6) is 0.672. The van der Waals surface area contributed by atoms with Crippen molar-refractivity contribution in [2.45, 2.75) is 26.4 Å². The van der Waals surface area contributed by atoms with Crippen LogP contribution in [0.25, 0.3) is 0 Å². The van der Waals surface area contributed by atoms with Gasteiger partial charge in [-0.1, -0.05) is 35.9 Å². The summed E-state index contributed by atoms with van der Waals surface area (Å²) in [7, 11) is 0. The highest BCUT2D eigenvalue weighted by Crippen LogP contribution is 2.30. The molecule has 0 bridgehead atoms. The second-order valence-corrected chi connectivity index (χ2v) is 7.00. The van der Waals surface area contributed by atoms with Crippen molar-refractivity contribution >= 4 is 17.6 Å². The number of hydrogen-bond acceptors (Lipinski definition) is 3. The fraction of sp³-hybridized carbons (Fsp3) is 0.174. The summed E-state index contributed by atoms with van der Waals surface area (Å²) >= 11 is 6.14. The molecule has 0 aliphatic heterocycles. The van der Waals surface area contributed by atoms with Crippen molar-refractivity contribution in [2.75, 3.05) is 0 Å². The van der Waals surface area contributed by atoms with Crippen molar-refractivity contribution in [3.8, 4) is 17.2 Å². The molecule has 0 aliphatic carbocycles. The normalized spacial score (nSPS) is 11.7. The van der Waals surface area contributed by atoms with Crippen molar-refractivity contribution in [1.29, 1.82) is 0 Å². The van der Waals surface area contributed by atoms with Gasteiger partial charge < -0.3 is 14.6 Å². The summed E-state index contributed by atoms with van der Waals surface area (Å²) in [5, 5.41) is 10.2. The second-order valence-electron chi connectivity index (χ2n) is 6.56. The van der Waals surface area contributed by atoms with Crippen molar-refractivity contribution in [3.05, 3.63) is 88.4 Å². The highest BCUT2D eigenvalue weighted by Gasteiger charge is 2.23. The number of carboxylic acids is 1. The van der Waals surface area contributed by atoms with Gasteiger partial charge in [-0.3, -0.25) is 0 Å². The van der Waals surface area contributed by atoms with Crippen LogP contribution in [0, 0.1) is 13.8 Å². The van der Waals surface area contributed by atoms with E-state index in [4.69, 9.17) is 21.1 Å². The standard InChI is InChI=1S/C23H21ClO4/c1-15-8-10-20(12-16(15)2)28-22(23(25)26)14-17-13-18(24)9-11-21(17)27-19-6-4-3-5-7-19/h3-13,22H,14H2,1-2H3,(H,25,26)/t22-/m0/s1. The van der Waals surface area contributed by atoms with Crippen LogP contribution in [0.4, 0.5) is 0 Å². The van der Waals surface area contributed by atoms with E-state index in [9.17, 15) is 9.90 Å². The molecule has 5 heteroatoms. The van der Waals surface area contributed by atoms with E-state index in [2.05, 4.69) is 0 Å². The molecular weight excluding hydrogens is 376 g/mol. The highest BCUT2D eigenvalue weighted by atomic mass is 35.5. The Labute approximate surface area is 169 Å². The molecule has 0 aromatic heterocycles. The van der Waals surface area contributed by atoms with Crippen molar-refractivity contribution in [2.24, 2.45) is 0 Å². The van der Waals surface area contributed by atoms with Gasteiger partial charge >= 0.3 is 5.97 Å². The first-order valence-electron chi connectivity index (χ1n) is 8.90. The fourth-order valence-electron chi connectivity index (χ4n) is 2.75. The number of benzene rings is 3. The maximum atomic E-state index is 11.8. The van der Waals surface area contributed by atoms with E-state index >= 15 is 0 Å². The molecule has 3 aromatic rings. The van der Waals surface area contributed by atoms with Crippen molar-refractivity contribution in [3.63, 3.8) is 0 Å². The molecular formula is C23H21ClO4. The van der Waals surface area contributed by atoms with Crippen LogP contribution >= 0.6 is 11.6 Å². The molecule has 0 radical (unpaired) electrons. The van der Waals surface area contributed by atoms with Crippen LogP contribution in [0.1, 0.15) is 16.7 Å². The van der Waals surface area contributed by atoms with Crippen LogP contribution in [0.15, 0.2) is 66.7 Å². The van der Waals surface area contributed by atoms with E-state index < -0.39 is 12.1 Å². The Hall–Kier alpha value is -2.98. The lowest BCUT2D eigenvalue weighted by Gasteiger charge is -2.18. The third kappa shape index (κ3) is 5.05. The van der Waals surface area contributed by atoms with E-state index in [-0.39, 0.29) is 6.42 Å². The number of para-hydroxylation sites is 1. The quantitative estimate of drug-likeness (QED) is 0.546. The van der Waals surface area contributed by atoms with E-state index in [0.717, 1.165) is 11.1 Å². The lowest BCUT2D eigenvalue weighted by atomic mass is 10.1. The molecule has 1 N–H and O–H groups in total. The first-order chi connectivity index (χ1) is 13.4. The molecule has 0 fully saturated rings. The topological polar surface area (TPSA) is 55.8 Å². The summed E-state index contributed by atoms with van der Waals surface area (Å²) in [5.41, 5.74) is 2.82. The van der Waals surface area contributed by atoms with E-state index in [1.54, 1.807) is 24.3 Å². The molecule has 4 nitrogen and oxygen atoms in total. The lowest BCUT2D eigenvalue weighted by Crippen LogP contribution is -2.29. The summed E-state index contributed by atoms with van der Waals surface area (Å²) in [6.45, 7) is 3.95. The minimum Gasteiger partial charge on any atom is -0.478 e. The average Bonchev–Trinajstić information content (AvgIpc) is 2.67. The van der Waals surface area contributed by atoms with E-state index in [1.165, 1.54) is 0 Å². The van der Waals surface area contributed by atoms with Crippen molar-refractivity contribution in [1.82, 2.24) is 0 Å². The van der Waals surface area contributed by atoms with Gasteiger partial charge in [0.05, 0.1) is 0 Å². The Balaban J connectivity index is 1.85. The Kier molecular flexibility index (Phi) is 6.22. The molecule has 0 saturated carbocycles. The number of aliphatic carboxylic acids is 1. The zero-order valence-corrected chi connectivity index (χ0v) is 16.4. The first kappa shape index (κ1) is 19.8. The van der Waals surface area contributed by atoms with Gasteiger partial charge in [0.15, 0.2) is 6.10 Å². The zero-order chi connectivity index (χ0) is 20.1. The van der Waals surface area contributed by atoms with E-state index in [0.29, 0.717) is 27.8 Å². The smallest absolute Gasteiger partial charge is 0.345 e. The molecule has 0 saturated heterocycles. The third-order valence-electron chi connectivity index (χ3n) is 4.43. The van der Waals surface area contributed by atoms with Crippen LogP contribution < -0.4 is 9.47 Å². The Morgan fingerprint density at radius 3 is 2.39 bits per heavy atom. The van der Waals surface area contributed by atoms with Gasteiger partial charge in [-0.25, -0.2) is 4.79 Å². The molecule has 3 aromatic carbocycles. The number of ether oxygens (including phenoxy) is 2. The number of hydrogen-bond donors (Lipinski definition) is 1.